The van der Waals surface area contributed by atoms with E-state index in [2.05, 4.69) is 46.5 Å². The zero-order chi connectivity index (χ0) is 13.1. The molecule has 17 heavy (non-hydrogen) atoms. The minimum absolute atomic E-state index is 0.254. The summed E-state index contributed by atoms with van der Waals surface area (Å²) in [6.07, 6.45) is 6.62. The van der Waals surface area contributed by atoms with E-state index in [0.717, 1.165) is 5.92 Å². The molecule has 0 N–H and O–H groups in total. The van der Waals surface area contributed by atoms with E-state index in [-0.39, 0.29) is 9.52 Å². The third kappa shape index (κ3) is 4.74. The first-order chi connectivity index (χ1) is 7.77. The van der Waals surface area contributed by atoms with Gasteiger partial charge >= 0.3 is 0 Å². The van der Waals surface area contributed by atoms with Crippen LogP contribution in [0.4, 0.5) is 0 Å². The summed E-state index contributed by atoms with van der Waals surface area (Å²) in [6.45, 7) is 15.1. The first-order valence-electron chi connectivity index (χ1n) is 7.42. The molecule has 0 aromatic rings. The Kier molecular flexibility index (Phi) is 5.27. The van der Waals surface area contributed by atoms with E-state index in [9.17, 15) is 0 Å². The highest BCUT2D eigenvalue weighted by atomic mass is 28.4. The second-order valence-corrected chi connectivity index (χ2v) is 15.3. The Morgan fingerprint density at radius 2 is 2.06 bits per heavy atom. The van der Waals surface area contributed by atoms with Gasteiger partial charge < -0.3 is 0 Å². The van der Waals surface area contributed by atoms with Crippen molar-refractivity contribution in [1.82, 2.24) is 0 Å². The van der Waals surface area contributed by atoms with Crippen LogP contribution in [0.15, 0.2) is 11.6 Å². The third-order valence-corrected chi connectivity index (χ3v) is 13.9. The topological polar surface area (TPSA) is 0 Å². The zero-order valence-electron chi connectivity index (χ0n) is 12.9. The van der Waals surface area contributed by atoms with E-state index in [1.165, 1.54) is 19.3 Å². The summed E-state index contributed by atoms with van der Waals surface area (Å²) < 4.78 is 0. The van der Waals surface area contributed by atoms with Crippen molar-refractivity contribution in [3.8, 4) is 0 Å². The Balaban J connectivity index is 2.62. The summed E-state index contributed by atoms with van der Waals surface area (Å²) in [5.74, 6) is 0.941. The molecule has 0 aliphatic heterocycles. The zero-order valence-corrected chi connectivity index (χ0v) is 15.3. The highest BCUT2D eigenvalue weighted by molar-refractivity contribution is 6.84. The predicted octanol–water partition coefficient (Wildman–Crippen LogP) is 4.64. The van der Waals surface area contributed by atoms with Crippen LogP contribution >= 0.6 is 0 Å². The standard InChI is InChI=1S/C15H32Si2/c1-13-7-9-14(10-8-13)15(2,3)11-17(5,6)12-16-4/h7,14H,8-12,16H2,1-6H3. The molecule has 1 rings (SSSR count). The maximum absolute atomic E-state index is 2.62. The molecule has 0 fully saturated rings. The molecule has 1 atom stereocenters. The number of allylic oxidation sites excluding steroid dienone is 2. The molecule has 0 aromatic heterocycles. The van der Waals surface area contributed by atoms with Crippen LogP contribution in [0.1, 0.15) is 40.0 Å². The van der Waals surface area contributed by atoms with Crippen LogP contribution in [-0.2, 0) is 0 Å². The van der Waals surface area contributed by atoms with Crippen molar-refractivity contribution < 1.29 is 0 Å². The van der Waals surface area contributed by atoms with E-state index in [1.807, 2.05) is 0 Å². The van der Waals surface area contributed by atoms with Gasteiger partial charge in [-0.2, -0.15) is 0 Å². The van der Waals surface area contributed by atoms with Gasteiger partial charge in [-0.3, -0.25) is 0 Å². The Morgan fingerprint density at radius 3 is 2.53 bits per heavy atom. The van der Waals surface area contributed by atoms with Gasteiger partial charge in [0.25, 0.3) is 0 Å². The Hall–Kier alpha value is 0.174. The monoisotopic (exact) mass is 268 g/mol. The minimum Gasteiger partial charge on any atom is -0.0853 e. The van der Waals surface area contributed by atoms with Gasteiger partial charge in [-0.1, -0.05) is 56.8 Å². The summed E-state index contributed by atoms with van der Waals surface area (Å²) >= 11 is 0. The van der Waals surface area contributed by atoms with E-state index < -0.39 is 8.07 Å². The summed E-state index contributed by atoms with van der Waals surface area (Å²) in [6, 6.07) is 1.54. The van der Waals surface area contributed by atoms with Crippen molar-refractivity contribution in [2.24, 2.45) is 11.3 Å². The molecule has 1 aliphatic carbocycles. The Morgan fingerprint density at radius 1 is 1.41 bits per heavy atom. The molecule has 0 nitrogen and oxygen atoms in total. The average Bonchev–Trinajstić information content (AvgIpc) is 2.16. The van der Waals surface area contributed by atoms with Gasteiger partial charge in [0.05, 0.1) is 0 Å². The molecule has 0 heterocycles. The molecular weight excluding hydrogens is 236 g/mol. The van der Waals surface area contributed by atoms with Gasteiger partial charge in [0, 0.05) is 17.6 Å². The van der Waals surface area contributed by atoms with Crippen molar-refractivity contribution in [1.29, 1.82) is 0 Å². The maximum Gasteiger partial charge on any atom is 0.0447 e. The molecule has 0 amide bonds. The van der Waals surface area contributed by atoms with Crippen LogP contribution < -0.4 is 0 Å². The Labute approximate surface area is 112 Å². The van der Waals surface area contributed by atoms with Crippen LogP contribution in [0, 0.1) is 11.3 Å². The normalized spacial score (nSPS) is 23.2. The third-order valence-electron chi connectivity index (χ3n) is 4.60. The maximum atomic E-state index is 2.62. The molecule has 0 radical (unpaired) electrons. The van der Waals surface area contributed by atoms with E-state index in [4.69, 9.17) is 0 Å². The number of rotatable bonds is 5. The molecule has 100 valence electrons. The molecule has 1 aliphatic rings. The quantitative estimate of drug-likeness (QED) is 0.503. The SMILES string of the molecule is C[SiH2]C[Si](C)(C)CC(C)(C)C1CC=C(C)CC1. The first kappa shape index (κ1) is 15.2. The van der Waals surface area contributed by atoms with Crippen LogP contribution in [-0.4, -0.2) is 17.6 Å². The van der Waals surface area contributed by atoms with Crippen LogP contribution in [0.2, 0.25) is 31.4 Å². The highest BCUT2D eigenvalue weighted by Gasteiger charge is 2.35. The van der Waals surface area contributed by atoms with Crippen LogP contribution in [0.3, 0.4) is 0 Å². The van der Waals surface area contributed by atoms with E-state index >= 15 is 0 Å². The Bertz CT molecular complexity index is 277. The lowest BCUT2D eigenvalue weighted by molar-refractivity contribution is 0.218. The average molecular weight is 269 g/mol. The minimum atomic E-state index is -0.899. The van der Waals surface area contributed by atoms with Crippen molar-refractivity contribution in [2.75, 3.05) is 0 Å². The van der Waals surface area contributed by atoms with Crippen molar-refractivity contribution in [3.63, 3.8) is 0 Å². The summed E-state index contributed by atoms with van der Waals surface area (Å²) in [7, 11) is -0.645. The van der Waals surface area contributed by atoms with Gasteiger partial charge in [0.1, 0.15) is 0 Å². The number of hydrogen-bond acceptors (Lipinski definition) is 0. The molecule has 0 saturated heterocycles. The number of hydrogen-bond donors (Lipinski definition) is 0. The molecule has 0 bridgehead atoms. The first-order valence-corrected chi connectivity index (χ1v) is 13.3. The van der Waals surface area contributed by atoms with Gasteiger partial charge in [0.15, 0.2) is 0 Å². The lowest BCUT2D eigenvalue weighted by Gasteiger charge is -2.41. The predicted molar refractivity (Wildman–Crippen MR) is 86.4 cm³/mol. The second-order valence-electron chi connectivity index (χ2n) is 7.60. The van der Waals surface area contributed by atoms with Crippen LogP contribution in [0.25, 0.3) is 0 Å². The van der Waals surface area contributed by atoms with E-state index in [1.54, 1.807) is 17.3 Å². The van der Waals surface area contributed by atoms with E-state index in [0.29, 0.717) is 5.41 Å². The second kappa shape index (κ2) is 5.88. The largest absolute Gasteiger partial charge is 0.0853 e. The molecule has 0 spiro atoms. The summed E-state index contributed by atoms with van der Waals surface area (Å²) in [5, 5.41) is 0. The van der Waals surface area contributed by atoms with Crippen LogP contribution in [0.5, 0.6) is 0 Å². The van der Waals surface area contributed by atoms with Gasteiger partial charge in [0.2, 0.25) is 0 Å². The lowest BCUT2D eigenvalue weighted by Crippen LogP contribution is -2.37. The van der Waals surface area contributed by atoms with Gasteiger partial charge in [-0.25, -0.2) is 0 Å². The molecule has 2 heteroatoms. The fraction of sp³-hybridized carbons (Fsp3) is 0.867. The summed E-state index contributed by atoms with van der Waals surface area (Å²) in [4.78, 5) is 0. The molecular formula is C15H32Si2. The fourth-order valence-electron chi connectivity index (χ4n) is 3.82. The van der Waals surface area contributed by atoms with Crippen molar-refractivity contribution in [3.05, 3.63) is 11.6 Å². The molecule has 0 aromatic carbocycles. The molecule has 1 unspecified atom stereocenters. The van der Waals surface area contributed by atoms with Gasteiger partial charge in [-0.15, -0.1) is 0 Å². The smallest absolute Gasteiger partial charge is 0.0447 e. The molecule has 0 saturated carbocycles. The lowest BCUT2D eigenvalue weighted by atomic mass is 9.73. The van der Waals surface area contributed by atoms with Crippen molar-refractivity contribution in [2.45, 2.75) is 71.4 Å². The highest BCUT2D eigenvalue weighted by Crippen LogP contribution is 2.43. The van der Waals surface area contributed by atoms with Crippen molar-refractivity contribution >= 4 is 17.6 Å². The summed E-state index contributed by atoms with van der Waals surface area (Å²) in [5.41, 5.74) is 3.84. The fourth-order valence-corrected chi connectivity index (χ4v) is 12.7. The van der Waals surface area contributed by atoms with Gasteiger partial charge in [-0.05, 0) is 37.5 Å².